The van der Waals surface area contributed by atoms with Gasteiger partial charge in [-0.2, -0.15) is 0 Å². The van der Waals surface area contributed by atoms with Crippen molar-refractivity contribution in [3.63, 3.8) is 0 Å². The van der Waals surface area contributed by atoms with Crippen molar-refractivity contribution in [2.75, 3.05) is 59.9 Å². The maximum absolute atomic E-state index is 12.4. The number of likely N-dealkylation sites (tertiary alicyclic amines) is 1. The number of rotatable bonds is 4. The van der Waals surface area contributed by atoms with Crippen LogP contribution in [0.4, 0.5) is 0 Å². The van der Waals surface area contributed by atoms with Crippen molar-refractivity contribution < 1.29 is 4.79 Å². The fourth-order valence-electron chi connectivity index (χ4n) is 3.10. The zero-order valence-electron chi connectivity index (χ0n) is 12.4. The summed E-state index contributed by atoms with van der Waals surface area (Å²) >= 11 is 0. The third kappa shape index (κ3) is 4.44. The fraction of sp³-hybridized carbons (Fsp3) is 0.929. The number of carbonyl (C=O) groups excluding carboxylic acids is 1. The quantitative estimate of drug-likeness (QED) is 0.769. The van der Waals surface area contributed by atoms with E-state index < -0.39 is 0 Å². The van der Waals surface area contributed by atoms with E-state index in [-0.39, 0.29) is 0 Å². The lowest BCUT2D eigenvalue weighted by atomic mass is 10.2. The second-order valence-electron chi connectivity index (χ2n) is 6.01. The van der Waals surface area contributed by atoms with Crippen LogP contribution in [0.2, 0.25) is 0 Å². The lowest BCUT2D eigenvalue weighted by Crippen LogP contribution is -2.45. The molecule has 2 aliphatic heterocycles. The number of nitrogens with zero attached hydrogens (tertiary/aromatic N) is 3. The highest BCUT2D eigenvalue weighted by atomic mass is 16.2. The van der Waals surface area contributed by atoms with Crippen LogP contribution < -0.4 is 5.32 Å². The highest BCUT2D eigenvalue weighted by Gasteiger charge is 2.28. The van der Waals surface area contributed by atoms with Gasteiger partial charge in [-0.05, 0) is 46.4 Å². The largest absolute Gasteiger partial charge is 0.340 e. The van der Waals surface area contributed by atoms with Crippen molar-refractivity contribution in [1.82, 2.24) is 20.0 Å². The van der Waals surface area contributed by atoms with Gasteiger partial charge in [0.05, 0.1) is 6.54 Å². The number of hydrogen-bond donors (Lipinski definition) is 1. The minimum atomic E-state index is 0.314. The van der Waals surface area contributed by atoms with Crippen LogP contribution in [0.5, 0.6) is 0 Å². The first kappa shape index (κ1) is 14.8. The Morgan fingerprint density at radius 3 is 2.84 bits per heavy atom. The number of amides is 1. The maximum atomic E-state index is 12.4. The third-order valence-corrected chi connectivity index (χ3v) is 4.11. The molecule has 2 fully saturated rings. The first-order valence-electron chi connectivity index (χ1n) is 7.54. The summed E-state index contributed by atoms with van der Waals surface area (Å²) < 4.78 is 0. The fourth-order valence-corrected chi connectivity index (χ4v) is 3.10. The van der Waals surface area contributed by atoms with Crippen LogP contribution in [0.15, 0.2) is 0 Å². The summed E-state index contributed by atoms with van der Waals surface area (Å²) in [6.45, 7) is 6.51. The molecule has 2 aliphatic rings. The van der Waals surface area contributed by atoms with Gasteiger partial charge in [-0.15, -0.1) is 0 Å². The normalized spacial score (nSPS) is 25.8. The Bertz CT molecular complexity index is 287. The molecule has 0 bridgehead atoms. The standard InChI is InChI=1S/C14H28N4O/c1-16(2)11-13-5-3-8-18(13)12-14(19)17-9-4-6-15-7-10-17/h13,15H,3-12H2,1-2H3. The molecule has 2 rings (SSSR count). The van der Waals surface area contributed by atoms with Gasteiger partial charge in [0.25, 0.3) is 0 Å². The molecule has 110 valence electrons. The van der Waals surface area contributed by atoms with Crippen molar-refractivity contribution in [2.24, 2.45) is 0 Å². The van der Waals surface area contributed by atoms with Gasteiger partial charge in [0, 0.05) is 32.2 Å². The Kier molecular flexibility index (Phi) is 5.60. The molecule has 0 saturated carbocycles. The average Bonchev–Trinajstić information content (AvgIpc) is 2.65. The molecule has 2 saturated heterocycles. The van der Waals surface area contributed by atoms with Crippen molar-refractivity contribution in [3.8, 4) is 0 Å². The molecular weight excluding hydrogens is 240 g/mol. The Balaban J connectivity index is 1.83. The minimum absolute atomic E-state index is 0.314. The first-order valence-corrected chi connectivity index (χ1v) is 7.54. The molecule has 1 amide bonds. The number of likely N-dealkylation sites (N-methyl/N-ethyl adjacent to an activating group) is 1. The van der Waals surface area contributed by atoms with Crippen molar-refractivity contribution in [2.45, 2.75) is 25.3 Å². The lowest BCUT2D eigenvalue weighted by Gasteiger charge is -2.29. The number of nitrogens with one attached hydrogen (secondary N) is 1. The molecule has 0 aromatic carbocycles. The van der Waals surface area contributed by atoms with Crippen LogP contribution >= 0.6 is 0 Å². The highest BCUT2D eigenvalue weighted by Crippen LogP contribution is 2.17. The summed E-state index contributed by atoms with van der Waals surface area (Å²) in [5.74, 6) is 0.314. The van der Waals surface area contributed by atoms with E-state index in [0.717, 1.165) is 45.7 Å². The van der Waals surface area contributed by atoms with Crippen LogP contribution in [0, 0.1) is 0 Å². The van der Waals surface area contributed by atoms with Gasteiger partial charge in [0.2, 0.25) is 5.91 Å². The van der Waals surface area contributed by atoms with Gasteiger partial charge in [0.1, 0.15) is 0 Å². The van der Waals surface area contributed by atoms with Gasteiger partial charge in [-0.3, -0.25) is 9.69 Å². The molecule has 1 unspecified atom stereocenters. The topological polar surface area (TPSA) is 38.8 Å². The van der Waals surface area contributed by atoms with E-state index >= 15 is 0 Å². The SMILES string of the molecule is CN(C)CC1CCCN1CC(=O)N1CCCNCC1. The first-order chi connectivity index (χ1) is 9.16. The van der Waals surface area contributed by atoms with E-state index in [1.807, 2.05) is 4.90 Å². The van der Waals surface area contributed by atoms with E-state index in [4.69, 9.17) is 0 Å². The van der Waals surface area contributed by atoms with Gasteiger partial charge >= 0.3 is 0 Å². The lowest BCUT2D eigenvalue weighted by molar-refractivity contribution is -0.132. The number of carbonyl (C=O) groups is 1. The summed E-state index contributed by atoms with van der Waals surface area (Å²) in [5.41, 5.74) is 0. The zero-order valence-corrected chi connectivity index (χ0v) is 12.4. The van der Waals surface area contributed by atoms with Crippen LogP contribution in [-0.4, -0.2) is 86.6 Å². The van der Waals surface area contributed by atoms with Gasteiger partial charge in [-0.25, -0.2) is 0 Å². The maximum Gasteiger partial charge on any atom is 0.236 e. The second kappa shape index (κ2) is 7.22. The van der Waals surface area contributed by atoms with Gasteiger partial charge in [0.15, 0.2) is 0 Å². The van der Waals surface area contributed by atoms with Crippen molar-refractivity contribution in [3.05, 3.63) is 0 Å². The van der Waals surface area contributed by atoms with Crippen molar-refractivity contribution in [1.29, 1.82) is 0 Å². The molecular formula is C14H28N4O. The van der Waals surface area contributed by atoms with E-state index in [0.29, 0.717) is 18.5 Å². The average molecular weight is 268 g/mol. The molecule has 2 heterocycles. The summed E-state index contributed by atoms with van der Waals surface area (Å²) in [6.07, 6.45) is 3.53. The van der Waals surface area contributed by atoms with Gasteiger partial charge < -0.3 is 15.1 Å². The van der Waals surface area contributed by atoms with Crippen LogP contribution in [-0.2, 0) is 4.79 Å². The summed E-state index contributed by atoms with van der Waals surface area (Å²) in [6, 6.07) is 0.559. The number of hydrogen-bond acceptors (Lipinski definition) is 4. The van der Waals surface area contributed by atoms with E-state index in [2.05, 4.69) is 29.2 Å². The molecule has 0 aromatic rings. The minimum Gasteiger partial charge on any atom is -0.340 e. The molecule has 5 heteroatoms. The Hall–Kier alpha value is -0.650. The highest BCUT2D eigenvalue weighted by molar-refractivity contribution is 5.78. The molecule has 0 aromatic heterocycles. The summed E-state index contributed by atoms with van der Waals surface area (Å²) in [4.78, 5) is 19.0. The Labute approximate surface area is 116 Å². The Morgan fingerprint density at radius 2 is 2.05 bits per heavy atom. The third-order valence-electron chi connectivity index (χ3n) is 4.11. The predicted molar refractivity (Wildman–Crippen MR) is 77.2 cm³/mol. The zero-order chi connectivity index (χ0) is 13.7. The molecule has 1 N–H and O–H groups in total. The second-order valence-corrected chi connectivity index (χ2v) is 6.01. The van der Waals surface area contributed by atoms with E-state index in [1.54, 1.807) is 0 Å². The molecule has 19 heavy (non-hydrogen) atoms. The molecule has 0 aliphatic carbocycles. The van der Waals surface area contributed by atoms with Crippen LogP contribution in [0.1, 0.15) is 19.3 Å². The van der Waals surface area contributed by atoms with E-state index in [9.17, 15) is 4.79 Å². The van der Waals surface area contributed by atoms with Gasteiger partial charge in [-0.1, -0.05) is 0 Å². The van der Waals surface area contributed by atoms with Crippen LogP contribution in [0.25, 0.3) is 0 Å². The summed E-state index contributed by atoms with van der Waals surface area (Å²) in [7, 11) is 4.22. The van der Waals surface area contributed by atoms with Crippen LogP contribution in [0.3, 0.4) is 0 Å². The molecule has 5 nitrogen and oxygen atoms in total. The molecule has 0 radical (unpaired) electrons. The smallest absolute Gasteiger partial charge is 0.236 e. The van der Waals surface area contributed by atoms with E-state index in [1.165, 1.54) is 12.8 Å². The Morgan fingerprint density at radius 1 is 1.21 bits per heavy atom. The molecule has 0 spiro atoms. The monoisotopic (exact) mass is 268 g/mol. The predicted octanol–water partition coefficient (Wildman–Crippen LogP) is -0.166. The molecule has 1 atom stereocenters. The summed E-state index contributed by atoms with van der Waals surface area (Å²) in [5, 5.41) is 3.35. The van der Waals surface area contributed by atoms with Crippen molar-refractivity contribution >= 4 is 5.91 Å².